The Kier molecular flexibility index (Phi) is 5.46. The van der Waals surface area contributed by atoms with Gasteiger partial charge in [0.25, 0.3) is 0 Å². The van der Waals surface area contributed by atoms with Crippen LogP contribution in [0.15, 0.2) is 53.7 Å². The van der Waals surface area contributed by atoms with E-state index in [1.807, 2.05) is 36.4 Å². The highest BCUT2D eigenvalue weighted by Crippen LogP contribution is 2.31. The fraction of sp³-hybridized carbons (Fsp3) is 0.294. The van der Waals surface area contributed by atoms with Crippen molar-refractivity contribution in [2.75, 3.05) is 14.2 Å². The lowest BCUT2D eigenvalue weighted by molar-refractivity contribution is 0.353. The molecule has 4 nitrogen and oxygen atoms in total. The molecule has 0 radical (unpaired) electrons. The highest BCUT2D eigenvalue weighted by atomic mass is 16.5. The maximum atomic E-state index is 5.36. The van der Waals surface area contributed by atoms with Crippen LogP contribution in [0.25, 0.3) is 0 Å². The predicted molar refractivity (Wildman–Crippen MR) is 82.6 cm³/mol. The van der Waals surface area contributed by atoms with Gasteiger partial charge in [-0.25, -0.2) is 0 Å². The van der Waals surface area contributed by atoms with Crippen molar-refractivity contribution < 1.29 is 13.9 Å². The van der Waals surface area contributed by atoms with Crippen LogP contribution < -0.4 is 14.8 Å². The molecule has 0 aliphatic heterocycles. The molecule has 1 aromatic carbocycles. The molecule has 112 valence electrons. The van der Waals surface area contributed by atoms with Crippen molar-refractivity contribution in [2.45, 2.75) is 19.0 Å². The molecule has 4 heteroatoms. The zero-order valence-electron chi connectivity index (χ0n) is 12.5. The van der Waals surface area contributed by atoms with Gasteiger partial charge in [-0.15, -0.1) is 6.58 Å². The van der Waals surface area contributed by atoms with Crippen molar-refractivity contribution in [3.05, 3.63) is 60.6 Å². The number of methoxy groups -OCH3 is 2. The summed E-state index contributed by atoms with van der Waals surface area (Å²) in [6.45, 7) is 4.49. The molecule has 2 rings (SSSR count). The quantitative estimate of drug-likeness (QED) is 0.752. The van der Waals surface area contributed by atoms with Gasteiger partial charge in [0, 0.05) is 6.04 Å². The van der Waals surface area contributed by atoms with Crippen LogP contribution in [-0.4, -0.2) is 14.2 Å². The summed E-state index contributed by atoms with van der Waals surface area (Å²) in [7, 11) is 3.27. The van der Waals surface area contributed by atoms with Gasteiger partial charge in [-0.2, -0.15) is 0 Å². The first kappa shape index (κ1) is 15.2. The lowest BCUT2D eigenvalue weighted by Crippen LogP contribution is -2.20. The number of ether oxygens (including phenoxy) is 2. The fourth-order valence-corrected chi connectivity index (χ4v) is 2.21. The van der Waals surface area contributed by atoms with E-state index in [1.165, 1.54) is 0 Å². The van der Waals surface area contributed by atoms with E-state index in [0.29, 0.717) is 6.54 Å². The highest BCUT2D eigenvalue weighted by Gasteiger charge is 2.13. The Hall–Kier alpha value is -2.20. The van der Waals surface area contributed by atoms with Crippen molar-refractivity contribution in [1.82, 2.24) is 5.32 Å². The molecule has 1 heterocycles. The minimum Gasteiger partial charge on any atom is -0.493 e. The van der Waals surface area contributed by atoms with Gasteiger partial charge in [-0.05, 0) is 36.2 Å². The third-order valence-corrected chi connectivity index (χ3v) is 3.32. The minimum atomic E-state index is 0.146. The molecule has 2 aromatic rings. The summed E-state index contributed by atoms with van der Waals surface area (Å²) in [6.07, 6.45) is 4.39. The first-order chi connectivity index (χ1) is 10.3. The smallest absolute Gasteiger partial charge is 0.161 e. The van der Waals surface area contributed by atoms with E-state index in [-0.39, 0.29) is 6.04 Å². The molecule has 0 aliphatic carbocycles. The van der Waals surface area contributed by atoms with Crippen molar-refractivity contribution in [2.24, 2.45) is 0 Å². The summed E-state index contributed by atoms with van der Waals surface area (Å²) < 4.78 is 16.0. The molecule has 0 saturated heterocycles. The van der Waals surface area contributed by atoms with Gasteiger partial charge in [-0.3, -0.25) is 0 Å². The normalized spacial score (nSPS) is 11.9. The van der Waals surface area contributed by atoms with Gasteiger partial charge in [-0.1, -0.05) is 12.1 Å². The lowest BCUT2D eigenvalue weighted by Gasteiger charge is -2.18. The van der Waals surface area contributed by atoms with E-state index in [2.05, 4.69) is 11.9 Å². The molecule has 21 heavy (non-hydrogen) atoms. The molecule has 1 N–H and O–H groups in total. The van der Waals surface area contributed by atoms with E-state index in [4.69, 9.17) is 13.9 Å². The molecule has 1 aromatic heterocycles. The Bertz CT molecular complexity index is 563. The number of furan rings is 1. The average molecular weight is 287 g/mol. The molecule has 1 atom stereocenters. The zero-order chi connectivity index (χ0) is 15.1. The van der Waals surface area contributed by atoms with Gasteiger partial charge in [0.2, 0.25) is 0 Å². The fourth-order valence-electron chi connectivity index (χ4n) is 2.21. The summed E-state index contributed by atoms with van der Waals surface area (Å²) in [5.74, 6) is 2.36. The molecule has 0 unspecified atom stereocenters. The first-order valence-corrected chi connectivity index (χ1v) is 6.87. The maximum absolute atomic E-state index is 5.36. The number of hydrogen-bond donors (Lipinski definition) is 1. The Morgan fingerprint density at radius 2 is 2.05 bits per heavy atom. The molecule has 0 spiro atoms. The van der Waals surface area contributed by atoms with Crippen LogP contribution in [-0.2, 0) is 6.54 Å². The average Bonchev–Trinajstić information content (AvgIpc) is 3.04. The minimum absolute atomic E-state index is 0.146. The zero-order valence-corrected chi connectivity index (χ0v) is 12.5. The predicted octanol–water partition coefficient (Wildman–Crippen LogP) is 3.70. The molecule has 0 bridgehead atoms. The van der Waals surface area contributed by atoms with Gasteiger partial charge >= 0.3 is 0 Å². The van der Waals surface area contributed by atoms with Crippen LogP contribution in [0.4, 0.5) is 0 Å². The Balaban J connectivity index is 2.14. The highest BCUT2D eigenvalue weighted by molar-refractivity contribution is 5.43. The Labute approximate surface area is 125 Å². The molecule has 0 fully saturated rings. The number of rotatable bonds is 8. The topological polar surface area (TPSA) is 43.6 Å². The Morgan fingerprint density at radius 1 is 1.24 bits per heavy atom. The van der Waals surface area contributed by atoms with Crippen molar-refractivity contribution in [3.63, 3.8) is 0 Å². The summed E-state index contributed by atoms with van der Waals surface area (Å²) in [5, 5.41) is 3.47. The standard InChI is InChI=1S/C17H21NO3/c1-4-6-15(18-12-14-7-5-10-21-14)13-8-9-16(19-2)17(11-13)20-3/h4-5,7-11,15,18H,1,6,12H2,2-3H3/t15-/m0/s1. The lowest BCUT2D eigenvalue weighted by atomic mass is 10.0. The molecule has 0 amide bonds. The van der Waals surface area contributed by atoms with E-state index in [1.54, 1.807) is 20.5 Å². The third kappa shape index (κ3) is 3.89. The van der Waals surface area contributed by atoms with Crippen molar-refractivity contribution >= 4 is 0 Å². The van der Waals surface area contributed by atoms with E-state index in [0.717, 1.165) is 29.2 Å². The van der Waals surface area contributed by atoms with Crippen molar-refractivity contribution in [3.8, 4) is 11.5 Å². The second kappa shape index (κ2) is 7.55. The number of hydrogen-bond acceptors (Lipinski definition) is 4. The summed E-state index contributed by atoms with van der Waals surface area (Å²) in [4.78, 5) is 0. The molecule has 0 saturated carbocycles. The number of nitrogens with one attached hydrogen (secondary N) is 1. The van der Waals surface area contributed by atoms with Crippen LogP contribution >= 0.6 is 0 Å². The van der Waals surface area contributed by atoms with Gasteiger partial charge in [0.05, 0.1) is 27.0 Å². The van der Waals surface area contributed by atoms with E-state index in [9.17, 15) is 0 Å². The monoisotopic (exact) mass is 287 g/mol. The first-order valence-electron chi connectivity index (χ1n) is 6.87. The van der Waals surface area contributed by atoms with Crippen LogP contribution in [0.2, 0.25) is 0 Å². The van der Waals surface area contributed by atoms with Crippen LogP contribution in [0.3, 0.4) is 0 Å². The Morgan fingerprint density at radius 3 is 2.67 bits per heavy atom. The maximum Gasteiger partial charge on any atom is 0.161 e. The van der Waals surface area contributed by atoms with Gasteiger partial charge in [0.1, 0.15) is 5.76 Å². The summed E-state index contributed by atoms with van der Waals surface area (Å²) in [6, 6.07) is 9.92. The molecular weight excluding hydrogens is 266 g/mol. The SMILES string of the molecule is C=CC[C@H](NCc1ccco1)c1ccc(OC)c(OC)c1. The second-order valence-electron chi connectivity index (χ2n) is 4.65. The molecular formula is C17H21NO3. The van der Waals surface area contributed by atoms with Crippen LogP contribution in [0.5, 0.6) is 11.5 Å². The van der Waals surface area contributed by atoms with Crippen LogP contribution in [0, 0.1) is 0 Å². The van der Waals surface area contributed by atoms with Crippen LogP contribution in [0.1, 0.15) is 23.8 Å². The second-order valence-corrected chi connectivity index (χ2v) is 4.65. The summed E-state index contributed by atoms with van der Waals surface area (Å²) in [5.41, 5.74) is 1.12. The number of benzene rings is 1. The van der Waals surface area contributed by atoms with Gasteiger partial charge in [0.15, 0.2) is 11.5 Å². The van der Waals surface area contributed by atoms with E-state index >= 15 is 0 Å². The summed E-state index contributed by atoms with van der Waals surface area (Å²) >= 11 is 0. The van der Waals surface area contributed by atoms with E-state index < -0.39 is 0 Å². The largest absolute Gasteiger partial charge is 0.493 e. The third-order valence-electron chi connectivity index (χ3n) is 3.32. The van der Waals surface area contributed by atoms with Crippen molar-refractivity contribution in [1.29, 1.82) is 0 Å². The molecule has 0 aliphatic rings. The van der Waals surface area contributed by atoms with Gasteiger partial charge < -0.3 is 19.2 Å².